The number of nitrogens with zero attached hydrogens (tertiary/aromatic N) is 1. The fraction of sp³-hybridized carbons (Fsp3) is 0.217. The van der Waals surface area contributed by atoms with Crippen molar-refractivity contribution >= 4 is 22.6 Å². The summed E-state index contributed by atoms with van der Waals surface area (Å²) >= 11 is 0. The molecule has 0 saturated heterocycles. The number of aryl methyl sites for hydroxylation is 2. The molecule has 0 fully saturated rings. The first-order chi connectivity index (χ1) is 12.9. The van der Waals surface area contributed by atoms with Crippen molar-refractivity contribution in [1.29, 1.82) is 0 Å². The van der Waals surface area contributed by atoms with Gasteiger partial charge in [0.05, 0.1) is 6.54 Å². The molecule has 0 bridgehead atoms. The predicted octanol–water partition coefficient (Wildman–Crippen LogP) is 3.85. The second-order valence-electron chi connectivity index (χ2n) is 6.91. The minimum absolute atomic E-state index is 0.0180. The molecule has 0 aromatic heterocycles. The first-order valence-corrected chi connectivity index (χ1v) is 9.01. The third kappa shape index (κ3) is 4.53. The summed E-state index contributed by atoms with van der Waals surface area (Å²) in [5.41, 5.74) is 3.83. The average molecular weight is 360 g/mol. The van der Waals surface area contributed by atoms with Gasteiger partial charge in [-0.15, -0.1) is 0 Å². The lowest BCUT2D eigenvalue weighted by atomic mass is 10.1. The van der Waals surface area contributed by atoms with E-state index in [0.717, 1.165) is 22.1 Å². The Morgan fingerprint density at radius 3 is 2.37 bits per heavy atom. The molecule has 0 aliphatic carbocycles. The van der Waals surface area contributed by atoms with Crippen molar-refractivity contribution in [2.75, 3.05) is 13.6 Å². The van der Waals surface area contributed by atoms with Crippen molar-refractivity contribution in [3.05, 3.63) is 82.9 Å². The fourth-order valence-corrected chi connectivity index (χ4v) is 2.97. The number of carbonyl (C=O) groups is 2. The molecular formula is C23H24N2O2. The van der Waals surface area contributed by atoms with Gasteiger partial charge in [-0.3, -0.25) is 9.59 Å². The van der Waals surface area contributed by atoms with Crippen molar-refractivity contribution in [2.24, 2.45) is 0 Å². The zero-order chi connectivity index (χ0) is 19.4. The molecule has 0 heterocycles. The second kappa shape index (κ2) is 8.04. The molecule has 138 valence electrons. The fourth-order valence-electron chi connectivity index (χ4n) is 2.97. The molecule has 0 radical (unpaired) electrons. The monoisotopic (exact) mass is 360 g/mol. The summed E-state index contributed by atoms with van der Waals surface area (Å²) in [5.74, 6) is -0.356. The van der Waals surface area contributed by atoms with Gasteiger partial charge in [-0.2, -0.15) is 0 Å². The lowest BCUT2D eigenvalue weighted by Crippen LogP contribution is -2.37. The minimum Gasteiger partial charge on any atom is -0.343 e. The number of benzene rings is 3. The van der Waals surface area contributed by atoms with Crippen LogP contribution in [0.4, 0.5) is 0 Å². The molecule has 3 aromatic carbocycles. The summed E-state index contributed by atoms with van der Waals surface area (Å²) in [6, 6.07) is 19.9. The normalized spacial score (nSPS) is 10.6. The molecule has 27 heavy (non-hydrogen) atoms. The number of fused-ring (bicyclic) bond motifs is 1. The molecule has 0 unspecified atom stereocenters. The number of amides is 2. The molecule has 1 N–H and O–H groups in total. The van der Waals surface area contributed by atoms with E-state index in [1.54, 1.807) is 18.0 Å². The molecule has 0 spiro atoms. The Hall–Kier alpha value is -3.14. The van der Waals surface area contributed by atoms with E-state index in [-0.39, 0.29) is 18.4 Å². The lowest BCUT2D eigenvalue weighted by Gasteiger charge is -2.18. The summed E-state index contributed by atoms with van der Waals surface area (Å²) in [5, 5.41) is 5.04. The van der Waals surface area contributed by atoms with Gasteiger partial charge < -0.3 is 10.2 Å². The van der Waals surface area contributed by atoms with E-state index in [1.807, 2.05) is 44.2 Å². The highest BCUT2D eigenvalue weighted by Gasteiger charge is 2.13. The van der Waals surface area contributed by atoms with Gasteiger partial charge in [-0.05, 0) is 59.5 Å². The molecule has 3 rings (SSSR count). The number of hydrogen-bond donors (Lipinski definition) is 1. The van der Waals surface area contributed by atoms with Crippen molar-refractivity contribution in [3.63, 3.8) is 0 Å². The van der Waals surface area contributed by atoms with Gasteiger partial charge in [0.1, 0.15) is 0 Å². The summed E-state index contributed by atoms with van der Waals surface area (Å²) in [4.78, 5) is 26.3. The quantitative estimate of drug-likeness (QED) is 0.751. The molecule has 4 heteroatoms. The molecular weight excluding hydrogens is 336 g/mol. The van der Waals surface area contributed by atoms with Crippen LogP contribution in [0, 0.1) is 13.8 Å². The Bertz CT molecular complexity index is 995. The Labute approximate surface area is 159 Å². The van der Waals surface area contributed by atoms with E-state index < -0.39 is 0 Å². The summed E-state index contributed by atoms with van der Waals surface area (Å²) in [6.07, 6.45) is 0. The largest absolute Gasteiger partial charge is 0.343 e. The molecule has 3 aromatic rings. The third-order valence-corrected chi connectivity index (χ3v) is 4.83. The summed E-state index contributed by atoms with van der Waals surface area (Å²) in [7, 11) is 1.75. The van der Waals surface area contributed by atoms with E-state index in [0.29, 0.717) is 12.1 Å². The van der Waals surface area contributed by atoms with Gasteiger partial charge in [0.25, 0.3) is 5.91 Å². The third-order valence-electron chi connectivity index (χ3n) is 4.83. The maximum Gasteiger partial charge on any atom is 0.251 e. The number of carbonyl (C=O) groups excluding carboxylic acids is 2. The van der Waals surface area contributed by atoms with Gasteiger partial charge in [-0.1, -0.05) is 42.5 Å². The molecule has 0 aliphatic heterocycles. The molecule has 2 amide bonds. The standard InChI is InChI=1S/C23H24N2O2/c1-16-8-10-21(12-17(16)2)23(27)24-14-22(26)25(3)15-18-9-11-19-6-4-5-7-20(19)13-18/h4-13H,14-15H2,1-3H3,(H,24,27). The highest BCUT2D eigenvalue weighted by Crippen LogP contribution is 2.16. The first kappa shape index (κ1) is 18.6. The maximum absolute atomic E-state index is 12.4. The zero-order valence-electron chi connectivity index (χ0n) is 16.0. The van der Waals surface area contributed by atoms with Crippen molar-refractivity contribution in [2.45, 2.75) is 20.4 Å². The van der Waals surface area contributed by atoms with Crippen LogP contribution in [0.25, 0.3) is 10.8 Å². The number of nitrogens with one attached hydrogen (secondary N) is 1. The Kier molecular flexibility index (Phi) is 5.55. The number of likely N-dealkylation sites (N-methyl/N-ethyl adjacent to an activating group) is 1. The van der Waals surface area contributed by atoms with Crippen LogP contribution < -0.4 is 5.32 Å². The van der Waals surface area contributed by atoms with Crippen LogP contribution in [0.2, 0.25) is 0 Å². The van der Waals surface area contributed by atoms with E-state index in [1.165, 1.54) is 5.39 Å². The first-order valence-electron chi connectivity index (χ1n) is 9.01. The van der Waals surface area contributed by atoms with Crippen LogP contribution >= 0.6 is 0 Å². The minimum atomic E-state index is -0.231. The topological polar surface area (TPSA) is 49.4 Å². The number of rotatable bonds is 5. The summed E-state index contributed by atoms with van der Waals surface area (Å²) < 4.78 is 0. The van der Waals surface area contributed by atoms with E-state index >= 15 is 0 Å². The summed E-state index contributed by atoms with van der Waals surface area (Å²) in [6.45, 7) is 4.45. The van der Waals surface area contributed by atoms with Crippen molar-refractivity contribution in [3.8, 4) is 0 Å². The smallest absolute Gasteiger partial charge is 0.251 e. The molecule has 0 atom stereocenters. The highest BCUT2D eigenvalue weighted by molar-refractivity contribution is 5.96. The van der Waals surface area contributed by atoms with Gasteiger partial charge in [0.15, 0.2) is 0 Å². The molecule has 0 aliphatic rings. The molecule has 0 saturated carbocycles. The Balaban J connectivity index is 1.58. The lowest BCUT2D eigenvalue weighted by molar-refractivity contribution is -0.129. The Morgan fingerprint density at radius 2 is 1.63 bits per heavy atom. The van der Waals surface area contributed by atoms with E-state index in [9.17, 15) is 9.59 Å². The van der Waals surface area contributed by atoms with Gasteiger partial charge >= 0.3 is 0 Å². The Morgan fingerprint density at radius 1 is 0.889 bits per heavy atom. The van der Waals surface area contributed by atoms with Crippen molar-refractivity contribution in [1.82, 2.24) is 10.2 Å². The van der Waals surface area contributed by atoms with Crippen LogP contribution in [0.3, 0.4) is 0 Å². The second-order valence-corrected chi connectivity index (χ2v) is 6.91. The van der Waals surface area contributed by atoms with Crippen molar-refractivity contribution < 1.29 is 9.59 Å². The van der Waals surface area contributed by atoms with Crippen LogP contribution in [-0.2, 0) is 11.3 Å². The van der Waals surface area contributed by atoms with Crippen LogP contribution in [0.15, 0.2) is 60.7 Å². The zero-order valence-corrected chi connectivity index (χ0v) is 16.0. The highest BCUT2D eigenvalue weighted by atomic mass is 16.2. The van der Waals surface area contributed by atoms with E-state index in [4.69, 9.17) is 0 Å². The SMILES string of the molecule is Cc1ccc(C(=O)NCC(=O)N(C)Cc2ccc3ccccc3c2)cc1C. The van der Waals surface area contributed by atoms with Gasteiger partial charge in [-0.25, -0.2) is 0 Å². The molecule has 4 nitrogen and oxygen atoms in total. The maximum atomic E-state index is 12.4. The van der Waals surface area contributed by atoms with Crippen LogP contribution in [0.1, 0.15) is 27.0 Å². The average Bonchev–Trinajstić information content (AvgIpc) is 2.67. The predicted molar refractivity (Wildman–Crippen MR) is 109 cm³/mol. The number of hydrogen-bond acceptors (Lipinski definition) is 2. The van der Waals surface area contributed by atoms with Crippen LogP contribution in [0.5, 0.6) is 0 Å². The van der Waals surface area contributed by atoms with Gasteiger partial charge in [0, 0.05) is 19.2 Å². The van der Waals surface area contributed by atoms with E-state index in [2.05, 4.69) is 29.6 Å². The van der Waals surface area contributed by atoms with Gasteiger partial charge in [0.2, 0.25) is 5.91 Å². The van der Waals surface area contributed by atoms with Crippen LogP contribution in [-0.4, -0.2) is 30.3 Å².